The van der Waals surface area contributed by atoms with Gasteiger partial charge in [-0.05, 0) is 71.7 Å². The van der Waals surface area contributed by atoms with Gasteiger partial charge in [0.2, 0.25) is 0 Å². The largest absolute Gasteiger partial charge is 0.483 e. The second kappa shape index (κ2) is 12.4. The van der Waals surface area contributed by atoms with Gasteiger partial charge in [0.1, 0.15) is 17.3 Å². The third-order valence-electron chi connectivity index (χ3n) is 5.35. The van der Waals surface area contributed by atoms with Crippen LogP contribution in [0.5, 0.6) is 5.75 Å². The molecule has 2 amide bonds. The third kappa shape index (κ3) is 6.89. The number of halogens is 1. The van der Waals surface area contributed by atoms with Crippen LogP contribution in [0, 0.1) is 5.82 Å². The van der Waals surface area contributed by atoms with Crippen LogP contribution in [0.2, 0.25) is 0 Å². The SMILES string of the molecule is O=C(COc1ccccc1/C=C1\S/C(=N/N=C\c2cccs2)N(Cc2ccco2)C1=O)Nc1ccc(F)cc1. The lowest BCUT2D eigenvalue weighted by molar-refractivity contribution is -0.122. The molecule has 11 heteroatoms. The fourth-order valence-electron chi connectivity index (χ4n) is 3.53. The van der Waals surface area contributed by atoms with E-state index in [0.29, 0.717) is 32.8 Å². The fourth-order valence-corrected chi connectivity index (χ4v) is 5.03. The quantitative estimate of drug-likeness (QED) is 0.154. The lowest BCUT2D eigenvalue weighted by Gasteiger charge is -2.12. The van der Waals surface area contributed by atoms with Crippen LogP contribution >= 0.6 is 23.1 Å². The van der Waals surface area contributed by atoms with Crippen LogP contribution in [0.1, 0.15) is 16.2 Å². The summed E-state index contributed by atoms with van der Waals surface area (Å²) in [7, 11) is 0. The molecule has 3 heterocycles. The number of hydrogen-bond donors (Lipinski definition) is 1. The number of benzene rings is 2. The highest BCUT2D eigenvalue weighted by molar-refractivity contribution is 8.18. The van der Waals surface area contributed by atoms with E-state index in [1.807, 2.05) is 23.6 Å². The second-order valence-corrected chi connectivity index (χ2v) is 10.1. The van der Waals surface area contributed by atoms with E-state index < -0.39 is 11.7 Å². The van der Waals surface area contributed by atoms with Crippen LogP contribution in [0.25, 0.3) is 6.08 Å². The molecular weight excluding hydrogens is 539 g/mol. The van der Waals surface area contributed by atoms with Crippen LogP contribution in [-0.2, 0) is 16.1 Å². The van der Waals surface area contributed by atoms with Crippen molar-refractivity contribution in [3.05, 3.63) is 111 Å². The molecule has 0 radical (unpaired) electrons. The maximum absolute atomic E-state index is 13.4. The Morgan fingerprint density at radius 3 is 2.69 bits per heavy atom. The van der Waals surface area contributed by atoms with Crippen LogP contribution < -0.4 is 10.1 Å². The molecule has 1 fully saturated rings. The third-order valence-corrected chi connectivity index (χ3v) is 7.15. The highest BCUT2D eigenvalue weighted by Gasteiger charge is 2.34. The zero-order valence-electron chi connectivity index (χ0n) is 20.3. The van der Waals surface area contributed by atoms with E-state index in [-0.39, 0.29) is 19.1 Å². The number of amidine groups is 1. The Kier molecular flexibility index (Phi) is 8.29. The van der Waals surface area contributed by atoms with E-state index in [4.69, 9.17) is 9.15 Å². The zero-order valence-corrected chi connectivity index (χ0v) is 22.0. The topological polar surface area (TPSA) is 96.5 Å². The van der Waals surface area contributed by atoms with Crippen LogP contribution in [0.4, 0.5) is 10.1 Å². The Morgan fingerprint density at radius 2 is 1.92 bits per heavy atom. The van der Waals surface area contributed by atoms with Crippen molar-refractivity contribution in [3.63, 3.8) is 0 Å². The molecule has 0 spiro atoms. The summed E-state index contributed by atoms with van der Waals surface area (Å²) in [6.45, 7) is -0.0708. The number of thiophene rings is 1. The number of carbonyl (C=O) groups excluding carboxylic acids is 2. The molecule has 196 valence electrons. The molecule has 2 aromatic heterocycles. The monoisotopic (exact) mass is 560 g/mol. The van der Waals surface area contributed by atoms with Crippen molar-refractivity contribution in [2.24, 2.45) is 10.2 Å². The molecule has 1 saturated heterocycles. The lowest BCUT2D eigenvalue weighted by atomic mass is 10.2. The number of carbonyl (C=O) groups is 2. The van der Waals surface area contributed by atoms with Gasteiger partial charge in [-0.2, -0.15) is 5.10 Å². The lowest BCUT2D eigenvalue weighted by Crippen LogP contribution is -2.28. The molecule has 0 atom stereocenters. The van der Waals surface area contributed by atoms with E-state index >= 15 is 0 Å². The fraction of sp³-hybridized carbons (Fsp3) is 0.0714. The predicted molar refractivity (Wildman–Crippen MR) is 151 cm³/mol. The molecule has 0 aliphatic carbocycles. The van der Waals surface area contributed by atoms with E-state index in [9.17, 15) is 14.0 Å². The Morgan fingerprint density at radius 1 is 1.08 bits per heavy atom. The molecule has 5 rings (SSSR count). The Hall–Kier alpha value is -4.48. The Bertz CT molecular complexity index is 1530. The number of furan rings is 1. The first-order chi connectivity index (χ1) is 19.0. The average Bonchev–Trinajstić information content (AvgIpc) is 3.70. The summed E-state index contributed by atoms with van der Waals surface area (Å²) in [5, 5.41) is 13.5. The van der Waals surface area contributed by atoms with Crippen molar-refractivity contribution in [3.8, 4) is 5.75 Å². The van der Waals surface area contributed by atoms with Crippen molar-refractivity contribution >= 4 is 58.1 Å². The number of nitrogens with zero attached hydrogens (tertiary/aromatic N) is 3. The summed E-state index contributed by atoms with van der Waals surface area (Å²) in [6, 6.07) is 19.9. The van der Waals surface area contributed by atoms with Crippen molar-refractivity contribution in [2.45, 2.75) is 6.54 Å². The van der Waals surface area contributed by atoms with Gasteiger partial charge in [-0.3, -0.25) is 14.5 Å². The molecule has 0 bridgehead atoms. The summed E-state index contributed by atoms with van der Waals surface area (Å²) >= 11 is 2.72. The summed E-state index contributed by atoms with van der Waals surface area (Å²) in [5.41, 5.74) is 1.07. The molecule has 4 aromatic rings. The van der Waals surface area contributed by atoms with Crippen molar-refractivity contribution < 1.29 is 23.1 Å². The number of para-hydroxylation sites is 1. The van der Waals surface area contributed by atoms with Gasteiger partial charge in [-0.1, -0.05) is 24.3 Å². The second-order valence-electron chi connectivity index (χ2n) is 8.11. The molecular formula is C28H21FN4O4S2. The number of nitrogens with one attached hydrogen (secondary N) is 1. The van der Waals surface area contributed by atoms with Crippen LogP contribution in [0.3, 0.4) is 0 Å². The Balaban J connectivity index is 1.33. The summed E-state index contributed by atoms with van der Waals surface area (Å²) in [5.74, 6) is -0.0264. The highest BCUT2D eigenvalue weighted by atomic mass is 32.2. The van der Waals surface area contributed by atoms with E-state index in [1.165, 1.54) is 52.3 Å². The van der Waals surface area contributed by atoms with Crippen molar-refractivity contribution in [1.29, 1.82) is 0 Å². The highest BCUT2D eigenvalue weighted by Crippen LogP contribution is 2.35. The molecule has 1 aliphatic rings. The van der Waals surface area contributed by atoms with Gasteiger partial charge in [-0.25, -0.2) is 4.39 Å². The molecule has 1 aliphatic heterocycles. The summed E-state index contributed by atoms with van der Waals surface area (Å²) in [4.78, 5) is 28.6. The average molecular weight is 561 g/mol. The van der Waals surface area contributed by atoms with Gasteiger partial charge in [0.25, 0.3) is 11.8 Å². The van der Waals surface area contributed by atoms with Crippen molar-refractivity contribution in [1.82, 2.24) is 4.90 Å². The maximum Gasteiger partial charge on any atom is 0.267 e. The number of ether oxygens (including phenoxy) is 1. The van der Waals surface area contributed by atoms with Crippen molar-refractivity contribution in [2.75, 3.05) is 11.9 Å². The smallest absolute Gasteiger partial charge is 0.267 e. The van der Waals surface area contributed by atoms with Gasteiger partial charge < -0.3 is 14.5 Å². The maximum atomic E-state index is 13.4. The molecule has 2 aromatic carbocycles. The molecule has 1 N–H and O–H groups in total. The number of rotatable bonds is 9. The summed E-state index contributed by atoms with van der Waals surface area (Å²) in [6.07, 6.45) is 4.88. The van der Waals surface area contributed by atoms with Gasteiger partial charge in [0, 0.05) is 16.1 Å². The van der Waals surface area contributed by atoms with Gasteiger partial charge in [0.05, 0.1) is 23.9 Å². The molecule has 0 saturated carbocycles. The van der Waals surface area contributed by atoms with E-state index in [2.05, 4.69) is 15.5 Å². The first-order valence-corrected chi connectivity index (χ1v) is 13.4. The minimum absolute atomic E-state index is 0.200. The Labute approximate surface area is 231 Å². The minimum atomic E-state index is -0.405. The molecule has 8 nitrogen and oxygen atoms in total. The van der Waals surface area contributed by atoms with Crippen LogP contribution in [-0.4, -0.2) is 34.7 Å². The number of hydrogen-bond acceptors (Lipinski definition) is 8. The zero-order chi connectivity index (χ0) is 27.0. The first kappa shape index (κ1) is 26.1. The molecule has 0 unspecified atom stereocenters. The van der Waals surface area contributed by atoms with Gasteiger partial charge in [0.15, 0.2) is 11.8 Å². The standard InChI is InChI=1S/C28H21FN4O4S2/c29-20-9-11-21(12-10-20)31-26(34)18-37-24-8-2-1-5-19(24)15-25-27(35)33(17-22-6-3-13-36-22)28(39-25)32-30-16-23-7-4-14-38-23/h1-16H,17-18H2,(H,31,34)/b25-15-,30-16-,32-28+. The van der Waals surface area contributed by atoms with Crippen LogP contribution in [0.15, 0.2) is 104 Å². The van der Waals surface area contributed by atoms with E-state index in [0.717, 1.165) is 4.88 Å². The number of thioether (sulfide) groups is 1. The predicted octanol–water partition coefficient (Wildman–Crippen LogP) is 6.00. The van der Waals surface area contributed by atoms with Gasteiger partial charge >= 0.3 is 0 Å². The van der Waals surface area contributed by atoms with E-state index in [1.54, 1.807) is 48.9 Å². The number of anilines is 1. The van der Waals surface area contributed by atoms with Gasteiger partial charge in [-0.15, -0.1) is 16.4 Å². The normalized spacial score (nSPS) is 15.5. The molecule has 39 heavy (non-hydrogen) atoms. The first-order valence-electron chi connectivity index (χ1n) is 11.7. The summed E-state index contributed by atoms with van der Waals surface area (Å²) < 4.78 is 24.3. The minimum Gasteiger partial charge on any atom is -0.483 e. The number of amides is 2.